The Morgan fingerprint density at radius 3 is 2.53 bits per heavy atom. The Bertz CT molecular complexity index is 1260. The summed E-state index contributed by atoms with van der Waals surface area (Å²) >= 11 is 1.10. The minimum atomic E-state index is -3.79. The first kappa shape index (κ1) is 22.0. The molecule has 4 rings (SSSR count). The summed E-state index contributed by atoms with van der Waals surface area (Å²) in [7, 11) is -3.79. The molecule has 8 nitrogen and oxygen atoms in total. The highest BCUT2D eigenvalue weighted by atomic mass is 32.2. The number of nitrogens with one attached hydrogen (secondary N) is 1. The van der Waals surface area contributed by atoms with Crippen molar-refractivity contribution in [3.63, 3.8) is 0 Å². The van der Waals surface area contributed by atoms with Crippen LogP contribution >= 0.6 is 11.3 Å². The highest BCUT2D eigenvalue weighted by molar-refractivity contribution is 7.92. The Labute approximate surface area is 188 Å². The quantitative estimate of drug-likeness (QED) is 0.588. The van der Waals surface area contributed by atoms with Crippen LogP contribution in [-0.4, -0.2) is 42.7 Å². The van der Waals surface area contributed by atoms with Gasteiger partial charge in [0.2, 0.25) is 16.9 Å². The maximum absolute atomic E-state index is 13.1. The number of aromatic nitrogens is 2. The molecule has 2 aromatic carbocycles. The number of amides is 2. The second kappa shape index (κ2) is 8.75. The standard InChI is InChI=1S/C21H19FN4O4S2/c1-13-2-8-17(9-3-13)32(29,30)12-18(27)23-21-25-24-20(31-21)14-10-19(28)26(11-14)16-6-4-15(22)5-7-16/h2-9,14H,10-12H2,1H3,(H,23,25,27). The molecule has 166 valence electrons. The van der Waals surface area contributed by atoms with Crippen molar-refractivity contribution in [3.8, 4) is 0 Å². The Hall–Kier alpha value is -3.18. The lowest BCUT2D eigenvalue weighted by molar-refractivity contribution is -0.117. The van der Waals surface area contributed by atoms with E-state index in [1.165, 1.54) is 36.4 Å². The maximum atomic E-state index is 13.1. The predicted octanol–water partition coefficient (Wildman–Crippen LogP) is 2.92. The van der Waals surface area contributed by atoms with Gasteiger partial charge >= 0.3 is 0 Å². The van der Waals surface area contributed by atoms with Crippen LogP contribution in [-0.2, 0) is 19.4 Å². The molecule has 32 heavy (non-hydrogen) atoms. The highest BCUT2D eigenvalue weighted by Crippen LogP contribution is 2.34. The van der Waals surface area contributed by atoms with Gasteiger partial charge in [0.05, 0.1) is 4.90 Å². The highest BCUT2D eigenvalue weighted by Gasteiger charge is 2.34. The van der Waals surface area contributed by atoms with Crippen molar-refractivity contribution >= 4 is 43.8 Å². The number of hydrogen-bond donors (Lipinski definition) is 1. The van der Waals surface area contributed by atoms with Crippen molar-refractivity contribution in [2.45, 2.75) is 24.2 Å². The van der Waals surface area contributed by atoms with Gasteiger partial charge in [0.1, 0.15) is 16.6 Å². The molecular weight excluding hydrogens is 455 g/mol. The van der Waals surface area contributed by atoms with Crippen molar-refractivity contribution in [2.75, 3.05) is 22.5 Å². The molecular formula is C21H19FN4O4S2. The van der Waals surface area contributed by atoms with Crippen molar-refractivity contribution < 1.29 is 22.4 Å². The predicted molar refractivity (Wildman–Crippen MR) is 118 cm³/mol. The van der Waals surface area contributed by atoms with Gasteiger partial charge in [-0.1, -0.05) is 29.0 Å². The smallest absolute Gasteiger partial charge is 0.241 e. The largest absolute Gasteiger partial charge is 0.312 e. The third kappa shape index (κ3) is 4.83. The summed E-state index contributed by atoms with van der Waals surface area (Å²) in [6, 6.07) is 11.9. The maximum Gasteiger partial charge on any atom is 0.241 e. The minimum absolute atomic E-state index is 0.0709. The Morgan fingerprint density at radius 2 is 1.84 bits per heavy atom. The third-order valence-corrected chi connectivity index (χ3v) is 7.63. The number of rotatable bonds is 6. The number of hydrogen-bond acceptors (Lipinski definition) is 7. The van der Waals surface area contributed by atoms with Crippen LogP contribution in [0.15, 0.2) is 53.4 Å². The molecule has 1 aliphatic heterocycles. The van der Waals surface area contributed by atoms with Crippen LogP contribution in [0.25, 0.3) is 0 Å². The average molecular weight is 475 g/mol. The van der Waals surface area contributed by atoms with E-state index in [0.717, 1.165) is 16.9 Å². The monoisotopic (exact) mass is 474 g/mol. The van der Waals surface area contributed by atoms with Crippen LogP contribution in [0.2, 0.25) is 0 Å². The number of nitrogens with zero attached hydrogens (tertiary/aromatic N) is 3. The Kier molecular flexibility index (Phi) is 6.02. The van der Waals surface area contributed by atoms with Gasteiger partial charge in [-0.25, -0.2) is 12.8 Å². The molecule has 1 fully saturated rings. The molecule has 0 spiro atoms. The molecule has 2 heterocycles. The molecule has 1 saturated heterocycles. The lowest BCUT2D eigenvalue weighted by Gasteiger charge is -2.16. The van der Waals surface area contributed by atoms with Gasteiger partial charge in [0.15, 0.2) is 9.84 Å². The van der Waals surface area contributed by atoms with E-state index in [4.69, 9.17) is 0 Å². The van der Waals surface area contributed by atoms with Crippen molar-refractivity contribution in [3.05, 3.63) is 64.9 Å². The first-order valence-electron chi connectivity index (χ1n) is 9.70. The third-order valence-electron chi connectivity index (χ3n) is 5.00. The van der Waals surface area contributed by atoms with Crippen molar-refractivity contribution in [2.24, 2.45) is 0 Å². The summed E-state index contributed by atoms with van der Waals surface area (Å²) in [4.78, 5) is 26.3. The molecule has 1 N–H and O–H groups in total. The molecule has 0 saturated carbocycles. The summed E-state index contributed by atoms with van der Waals surface area (Å²) < 4.78 is 38.0. The molecule has 3 aromatic rings. The van der Waals surface area contributed by atoms with Crippen LogP contribution in [0.5, 0.6) is 0 Å². The summed E-state index contributed by atoms with van der Waals surface area (Å²) in [5, 5.41) is 11.2. The number of carbonyl (C=O) groups excluding carboxylic acids is 2. The first-order chi connectivity index (χ1) is 15.2. The zero-order valence-electron chi connectivity index (χ0n) is 17.0. The number of benzene rings is 2. The number of anilines is 2. The van der Waals surface area contributed by atoms with E-state index in [1.807, 2.05) is 6.92 Å². The number of sulfone groups is 1. The van der Waals surface area contributed by atoms with E-state index in [9.17, 15) is 22.4 Å². The van der Waals surface area contributed by atoms with Gasteiger partial charge in [0, 0.05) is 24.6 Å². The SMILES string of the molecule is Cc1ccc(S(=O)(=O)CC(=O)Nc2nnc(C3CC(=O)N(c4ccc(F)cc4)C3)s2)cc1. The second-order valence-corrected chi connectivity index (χ2v) is 10.4. The Morgan fingerprint density at radius 1 is 1.16 bits per heavy atom. The molecule has 1 atom stereocenters. The molecule has 1 unspecified atom stereocenters. The summed E-state index contributed by atoms with van der Waals surface area (Å²) in [5.74, 6) is -2.17. The lowest BCUT2D eigenvalue weighted by Crippen LogP contribution is -2.24. The second-order valence-electron chi connectivity index (χ2n) is 7.45. The van der Waals surface area contributed by atoms with Crippen molar-refractivity contribution in [1.29, 1.82) is 0 Å². The van der Waals surface area contributed by atoms with Gasteiger partial charge in [-0.15, -0.1) is 10.2 Å². The average Bonchev–Trinajstić information content (AvgIpc) is 3.35. The molecule has 0 radical (unpaired) electrons. The number of carbonyl (C=O) groups is 2. The van der Waals surface area contributed by atoms with Gasteiger partial charge in [-0.05, 0) is 43.3 Å². The molecule has 2 amide bonds. The van der Waals surface area contributed by atoms with E-state index in [2.05, 4.69) is 15.5 Å². The minimum Gasteiger partial charge on any atom is -0.312 e. The summed E-state index contributed by atoms with van der Waals surface area (Å²) in [5.41, 5.74) is 1.51. The topological polar surface area (TPSA) is 109 Å². The lowest BCUT2D eigenvalue weighted by atomic mass is 10.1. The first-order valence-corrected chi connectivity index (χ1v) is 12.2. The number of halogens is 1. The van der Waals surface area contributed by atoms with Crippen molar-refractivity contribution in [1.82, 2.24) is 10.2 Å². The van der Waals surface area contributed by atoms with E-state index in [0.29, 0.717) is 17.2 Å². The zero-order valence-corrected chi connectivity index (χ0v) is 18.6. The molecule has 0 aliphatic carbocycles. The van der Waals surface area contributed by atoms with Gasteiger partial charge < -0.3 is 4.90 Å². The fourth-order valence-electron chi connectivity index (χ4n) is 3.35. The summed E-state index contributed by atoms with van der Waals surface area (Å²) in [6.45, 7) is 2.20. The molecule has 11 heteroatoms. The molecule has 1 aromatic heterocycles. The van der Waals surface area contributed by atoms with Crippen LogP contribution in [0.4, 0.5) is 15.2 Å². The van der Waals surface area contributed by atoms with Gasteiger partial charge in [-0.3, -0.25) is 14.9 Å². The van der Waals surface area contributed by atoms with Gasteiger partial charge in [0.25, 0.3) is 0 Å². The van der Waals surface area contributed by atoms with Gasteiger partial charge in [-0.2, -0.15) is 0 Å². The number of aryl methyl sites for hydroxylation is 1. The van der Waals surface area contributed by atoms with E-state index in [-0.39, 0.29) is 34.1 Å². The van der Waals surface area contributed by atoms with Crippen LogP contribution in [0, 0.1) is 12.7 Å². The zero-order chi connectivity index (χ0) is 22.9. The van der Waals surface area contributed by atoms with E-state index >= 15 is 0 Å². The van der Waals surface area contributed by atoms with Crippen LogP contribution in [0.1, 0.15) is 22.9 Å². The molecule has 1 aliphatic rings. The van der Waals surface area contributed by atoms with Crippen LogP contribution < -0.4 is 10.2 Å². The fourth-order valence-corrected chi connectivity index (χ4v) is 5.34. The summed E-state index contributed by atoms with van der Waals surface area (Å²) in [6.07, 6.45) is 0.210. The normalized spacial score (nSPS) is 16.4. The fraction of sp³-hybridized carbons (Fsp3) is 0.238. The Balaban J connectivity index is 1.39. The van der Waals surface area contributed by atoms with E-state index < -0.39 is 21.5 Å². The van der Waals surface area contributed by atoms with E-state index in [1.54, 1.807) is 17.0 Å². The van der Waals surface area contributed by atoms with Crippen LogP contribution in [0.3, 0.4) is 0 Å². The molecule has 0 bridgehead atoms.